The number of β-amino-alcohol motifs (C(OH)–C–C–N with tert-alkyl or cyclic N) is 1. The van der Waals surface area contributed by atoms with Crippen LogP contribution in [0, 0.1) is 0 Å². The molecule has 2 rings (SSSR count). The highest BCUT2D eigenvalue weighted by Crippen LogP contribution is 2.22. The van der Waals surface area contributed by atoms with Gasteiger partial charge in [-0.25, -0.2) is 4.79 Å². The van der Waals surface area contributed by atoms with E-state index >= 15 is 0 Å². The number of hydrogen-bond acceptors (Lipinski definition) is 4. The Hall–Kier alpha value is -1.82. The summed E-state index contributed by atoms with van der Waals surface area (Å²) in [5.74, 6) is -0.807. The van der Waals surface area contributed by atoms with Gasteiger partial charge in [-0.3, -0.25) is 4.79 Å². The van der Waals surface area contributed by atoms with Crippen molar-refractivity contribution in [3.8, 4) is 0 Å². The van der Waals surface area contributed by atoms with Gasteiger partial charge in [0.2, 0.25) is 0 Å². The second-order valence-electron chi connectivity index (χ2n) is 4.32. The van der Waals surface area contributed by atoms with E-state index in [2.05, 4.69) is 0 Å². The Morgan fingerprint density at radius 1 is 1.50 bits per heavy atom. The van der Waals surface area contributed by atoms with Gasteiger partial charge in [-0.2, -0.15) is 0 Å². The van der Waals surface area contributed by atoms with Crippen LogP contribution >= 0.6 is 0 Å². The number of carbonyl (C=O) groups excluding carboxylic acids is 1. The standard InChI is InChI=1S/C12H15NO5/c1-2-8-3-4-10(18-8)11(15)13-6-7(14)5-9(13)12(16)17/h3-4,7,9,14H,2,5-6H2,1H3,(H,16,17)/t7-,9+/m1/s1. The highest BCUT2D eigenvalue weighted by atomic mass is 16.4. The molecule has 0 aromatic carbocycles. The summed E-state index contributed by atoms with van der Waals surface area (Å²) in [7, 11) is 0. The molecular weight excluding hydrogens is 238 g/mol. The van der Waals surface area contributed by atoms with Crippen LogP contribution in [0.2, 0.25) is 0 Å². The summed E-state index contributed by atoms with van der Waals surface area (Å²) in [6.45, 7) is 1.92. The predicted molar refractivity (Wildman–Crippen MR) is 61.2 cm³/mol. The monoisotopic (exact) mass is 253 g/mol. The molecule has 1 aromatic heterocycles. The van der Waals surface area contributed by atoms with E-state index in [9.17, 15) is 14.7 Å². The quantitative estimate of drug-likeness (QED) is 0.818. The number of aryl methyl sites for hydroxylation is 1. The number of nitrogens with zero attached hydrogens (tertiary/aromatic N) is 1. The van der Waals surface area contributed by atoms with E-state index in [0.717, 1.165) is 4.90 Å². The molecule has 18 heavy (non-hydrogen) atoms. The predicted octanol–water partition coefficient (Wildman–Crippen LogP) is 0.502. The summed E-state index contributed by atoms with van der Waals surface area (Å²) in [6, 6.07) is 2.24. The maximum absolute atomic E-state index is 12.1. The molecule has 0 unspecified atom stereocenters. The Morgan fingerprint density at radius 2 is 2.22 bits per heavy atom. The summed E-state index contributed by atoms with van der Waals surface area (Å²) in [4.78, 5) is 24.3. The summed E-state index contributed by atoms with van der Waals surface area (Å²) in [6.07, 6.45) is -0.0728. The lowest BCUT2D eigenvalue weighted by molar-refractivity contribution is -0.141. The van der Waals surface area contributed by atoms with Gasteiger partial charge >= 0.3 is 5.97 Å². The fraction of sp³-hybridized carbons (Fsp3) is 0.500. The van der Waals surface area contributed by atoms with Gasteiger partial charge in [0.1, 0.15) is 11.8 Å². The van der Waals surface area contributed by atoms with Crippen LogP contribution < -0.4 is 0 Å². The van der Waals surface area contributed by atoms with Gasteiger partial charge in [-0.15, -0.1) is 0 Å². The Bertz CT molecular complexity index is 467. The molecule has 6 heteroatoms. The summed E-state index contributed by atoms with van der Waals surface area (Å²) in [5, 5.41) is 18.5. The third-order valence-electron chi connectivity index (χ3n) is 3.05. The average molecular weight is 253 g/mol. The molecule has 1 amide bonds. The van der Waals surface area contributed by atoms with Crippen LogP contribution in [0.15, 0.2) is 16.5 Å². The Morgan fingerprint density at radius 3 is 2.78 bits per heavy atom. The number of aliphatic hydroxyl groups excluding tert-OH is 1. The van der Waals surface area contributed by atoms with E-state index in [1.807, 2.05) is 6.92 Å². The minimum absolute atomic E-state index is 0.0258. The number of carboxylic acid groups (broad SMARTS) is 1. The molecule has 2 atom stereocenters. The van der Waals surface area contributed by atoms with E-state index in [-0.39, 0.29) is 18.7 Å². The van der Waals surface area contributed by atoms with Gasteiger partial charge in [0.15, 0.2) is 5.76 Å². The van der Waals surface area contributed by atoms with Crippen molar-refractivity contribution < 1.29 is 24.2 Å². The number of likely N-dealkylation sites (tertiary alicyclic amines) is 1. The van der Waals surface area contributed by atoms with Crippen LogP contribution in [0.5, 0.6) is 0 Å². The molecule has 2 heterocycles. The number of rotatable bonds is 3. The molecule has 2 N–H and O–H groups in total. The number of carbonyl (C=O) groups is 2. The molecule has 0 spiro atoms. The van der Waals surface area contributed by atoms with Crippen molar-refractivity contribution in [3.63, 3.8) is 0 Å². The average Bonchev–Trinajstić information content (AvgIpc) is 2.94. The van der Waals surface area contributed by atoms with Crippen LogP contribution in [0.25, 0.3) is 0 Å². The van der Waals surface area contributed by atoms with E-state index in [1.54, 1.807) is 6.07 Å². The van der Waals surface area contributed by atoms with Crippen molar-refractivity contribution in [2.24, 2.45) is 0 Å². The molecule has 0 aliphatic carbocycles. The number of aliphatic hydroxyl groups is 1. The molecule has 1 fully saturated rings. The Balaban J connectivity index is 2.19. The first-order valence-electron chi connectivity index (χ1n) is 5.83. The zero-order chi connectivity index (χ0) is 13.3. The van der Waals surface area contributed by atoms with Gasteiger partial charge in [-0.1, -0.05) is 6.92 Å². The lowest BCUT2D eigenvalue weighted by atomic mass is 10.2. The zero-order valence-corrected chi connectivity index (χ0v) is 10.00. The maximum Gasteiger partial charge on any atom is 0.326 e. The van der Waals surface area contributed by atoms with E-state index in [1.165, 1.54) is 6.07 Å². The molecule has 0 radical (unpaired) electrons. The zero-order valence-electron chi connectivity index (χ0n) is 10.00. The van der Waals surface area contributed by atoms with E-state index in [0.29, 0.717) is 12.2 Å². The van der Waals surface area contributed by atoms with Crippen LogP contribution in [-0.4, -0.2) is 45.7 Å². The molecule has 0 saturated carbocycles. The second kappa shape index (κ2) is 4.81. The van der Waals surface area contributed by atoms with Crippen molar-refractivity contribution in [2.75, 3.05) is 6.54 Å². The third kappa shape index (κ3) is 2.24. The minimum Gasteiger partial charge on any atom is -0.480 e. The maximum atomic E-state index is 12.1. The smallest absolute Gasteiger partial charge is 0.326 e. The Kier molecular flexibility index (Phi) is 3.38. The molecule has 1 aliphatic rings. The number of hydrogen-bond donors (Lipinski definition) is 2. The normalized spacial score (nSPS) is 23.3. The van der Waals surface area contributed by atoms with Crippen molar-refractivity contribution in [2.45, 2.75) is 31.9 Å². The topological polar surface area (TPSA) is 91.0 Å². The van der Waals surface area contributed by atoms with Crippen LogP contribution in [0.4, 0.5) is 0 Å². The molecular formula is C12H15NO5. The highest BCUT2D eigenvalue weighted by Gasteiger charge is 2.40. The highest BCUT2D eigenvalue weighted by molar-refractivity contribution is 5.94. The second-order valence-corrected chi connectivity index (χ2v) is 4.32. The van der Waals surface area contributed by atoms with E-state index in [4.69, 9.17) is 9.52 Å². The van der Waals surface area contributed by atoms with Crippen molar-refractivity contribution >= 4 is 11.9 Å². The molecule has 1 aromatic rings. The van der Waals surface area contributed by atoms with Gasteiger partial charge in [0.25, 0.3) is 5.91 Å². The number of furan rings is 1. The third-order valence-corrected chi connectivity index (χ3v) is 3.05. The molecule has 6 nitrogen and oxygen atoms in total. The van der Waals surface area contributed by atoms with Crippen LogP contribution in [-0.2, 0) is 11.2 Å². The van der Waals surface area contributed by atoms with Gasteiger partial charge < -0.3 is 19.5 Å². The number of carboxylic acids is 1. The Labute approximate surface area is 104 Å². The molecule has 1 saturated heterocycles. The lowest BCUT2D eigenvalue weighted by Crippen LogP contribution is -2.40. The SMILES string of the molecule is CCc1ccc(C(=O)N2C[C@H](O)C[C@H]2C(=O)O)o1. The number of aliphatic carboxylic acids is 1. The fourth-order valence-electron chi connectivity index (χ4n) is 2.10. The molecule has 0 bridgehead atoms. The van der Waals surface area contributed by atoms with Crippen LogP contribution in [0.1, 0.15) is 29.7 Å². The van der Waals surface area contributed by atoms with Crippen LogP contribution in [0.3, 0.4) is 0 Å². The molecule has 1 aliphatic heterocycles. The van der Waals surface area contributed by atoms with Gasteiger partial charge in [0, 0.05) is 19.4 Å². The van der Waals surface area contributed by atoms with Crippen molar-refractivity contribution in [3.05, 3.63) is 23.7 Å². The first-order valence-corrected chi connectivity index (χ1v) is 5.83. The summed E-state index contributed by atoms with van der Waals surface area (Å²) in [5.41, 5.74) is 0. The van der Waals surface area contributed by atoms with E-state index < -0.39 is 24.0 Å². The molecule has 98 valence electrons. The van der Waals surface area contributed by atoms with Crippen molar-refractivity contribution in [1.82, 2.24) is 4.90 Å². The summed E-state index contributed by atoms with van der Waals surface area (Å²) >= 11 is 0. The largest absolute Gasteiger partial charge is 0.480 e. The lowest BCUT2D eigenvalue weighted by Gasteiger charge is -2.19. The first kappa shape index (κ1) is 12.6. The minimum atomic E-state index is -1.11. The number of amides is 1. The summed E-state index contributed by atoms with van der Waals surface area (Å²) < 4.78 is 5.30. The van der Waals surface area contributed by atoms with Gasteiger partial charge in [-0.05, 0) is 12.1 Å². The first-order chi connectivity index (χ1) is 8.52. The fourth-order valence-corrected chi connectivity index (χ4v) is 2.10. The van der Waals surface area contributed by atoms with Gasteiger partial charge in [0.05, 0.1) is 6.10 Å². The van der Waals surface area contributed by atoms with Crippen molar-refractivity contribution in [1.29, 1.82) is 0 Å².